The lowest BCUT2D eigenvalue weighted by Gasteiger charge is -2.18. The summed E-state index contributed by atoms with van der Waals surface area (Å²) in [5.74, 6) is 1.53. The Morgan fingerprint density at radius 2 is 1.79 bits per heavy atom. The van der Waals surface area contributed by atoms with Gasteiger partial charge in [0.25, 0.3) is 0 Å². The summed E-state index contributed by atoms with van der Waals surface area (Å²) in [7, 11) is 3.40. The van der Waals surface area contributed by atoms with Crippen LogP contribution in [0, 0.1) is 0 Å². The number of hydrogen-bond donors (Lipinski definition) is 1. The Morgan fingerprint density at radius 1 is 1.12 bits per heavy atom. The van der Waals surface area contributed by atoms with Gasteiger partial charge in [-0.2, -0.15) is 0 Å². The Bertz CT molecular complexity index is 617. The number of rotatable bonds is 8. The van der Waals surface area contributed by atoms with Crippen molar-refractivity contribution in [2.45, 2.75) is 6.42 Å². The van der Waals surface area contributed by atoms with E-state index in [4.69, 9.17) is 9.47 Å². The number of likely N-dealkylation sites (N-methyl/N-ethyl adjacent to an activating group) is 1. The van der Waals surface area contributed by atoms with Crippen LogP contribution in [-0.4, -0.2) is 49.8 Å². The number of benzene rings is 1. The van der Waals surface area contributed by atoms with E-state index in [1.165, 1.54) is 0 Å². The minimum atomic E-state index is -0.109. The van der Waals surface area contributed by atoms with Gasteiger partial charge >= 0.3 is 6.03 Å². The zero-order chi connectivity index (χ0) is 17.2. The first-order chi connectivity index (χ1) is 11.7. The predicted molar refractivity (Wildman–Crippen MR) is 92.5 cm³/mol. The summed E-state index contributed by atoms with van der Waals surface area (Å²) < 4.78 is 10.7. The van der Waals surface area contributed by atoms with E-state index in [1.54, 1.807) is 31.5 Å². The van der Waals surface area contributed by atoms with E-state index in [9.17, 15) is 4.79 Å². The van der Waals surface area contributed by atoms with Gasteiger partial charge in [0.1, 0.15) is 18.1 Å². The minimum absolute atomic E-state index is 0.109. The third-order valence-corrected chi connectivity index (χ3v) is 3.54. The molecule has 0 saturated heterocycles. The van der Waals surface area contributed by atoms with Crippen molar-refractivity contribution >= 4 is 6.03 Å². The lowest BCUT2D eigenvalue weighted by atomic mass is 10.2. The highest BCUT2D eigenvalue weighted by Gasteiger charge is 2.07. The van der Waals surface area contributed by atoms with Crippen LogP contribution in [0.15, 0.2) is 48.8 Å². The van der Waals surface area contributed by atoms with Crippen LogP contribution in [0.2, 0.25) is 0 Å². The molecule has 0 spiro atoms. The number of nitrogens with zero attached hydrogens (tertiary/aromatic N) is 2. The van der Waals surface area contributed by atoms with Crippen molar-refractivity contribution in [3.63, 3.8) is 0 Å². The highest BCUT2D eigenvalue weighted by Crippen LogP contribution is 2.16. The van der Waals surface area contributed by atoms with Crippen molar-refractivity contribution in [2.24, 2.45) is 0 Å². The molecular formula is C18H23N3O3. The predicted octanol–water partition coefficient (Wildman–Crippen LogP) is 2.35. The number of urea groups is 1. The van der Waals surface area contributed by atoms with Gasteiger partial charge in [-0.05, 0) is 48.4 Å². The first-order valence-electron chi connectivity index (χ1n) is 7.84. The maximum absolute atomic E-state index is 12.0. The summed E-state index contributed by atoms with van der Waals surface area (Å²) >= 11 is 0. The van der Waals surface area contributed by atoms with E-state index >= 15 is 0 Å². The molecule has 0 aliphatic carbocycles. The molecule has 2 amide bonds. The Balaban J connectivity index is 1.63. The number of nitrogens with one attached hydrogen (secondary N) is 1. The van der Waals surface area contributed by atoms with Crippen LogP contribution in [0.4, 0.5) is 4.79 Å². The van der Waals surface area contributed by atoms with Crippen LogP contribution >= 0.6 is 0 Å². The van der Waals surface area contributed by atoms with Crippen molar-refractivity contribution in [1.82, 2.24) is 15.2 Å². The average Bonchev–Trinajstić information content (AvgIpc) is 2.64. The molecule has 2 rings (SSSR count). The first kappa shape index (κ1) is 17.6. The molecule has 0 fully saturated rings. The third-order valence-electron chi connectivity index (χ3n) is 3.54. The molecule has 0 bridgehead atoms. The van der Waals surface area contributed by atoms with Gasteiger partial charge in [0.2, 0.25) is 0 Å². The molecule has 24 heavy (non-hydrogen) atoms. The van der Waals surface area contributed by atoms with Crippen LogP contribution in [0.3, 0.4) is 0 Å². The second-order valence-electron chi connectivity index (χ2n) is 5.28. The van der Waals surface area contributed by atoms with E-state index in [-0.39, 0.29) is 6.03 Å². The number of carbonyl (C=O) groups is 1. The summed E-state index contributed by atoms with van der Waals surface area (Å²) in [5, 5.41) is 2.84. The van der Waals surface area contributed by atoms with Gasteiger partial charge in [-0.1, -0.05) is 0 Å². The average molecular weight is 329 g/mol. The van der Waals surface area contributed by atoms with Crippen molar-refractivity contribution in [3.8, 4) is 11.5 Å². The van der Waals surface area contributed by atoms with Crippen LogP contribution in [0.1, 0.15) is 5.56 Å². The topological polar surface area (TPSA) is 63.7 Å². The molecule has 1 N–H and O–H groups in total. The Hall–Kier alpha value is -2.76. The Kier molecular flexibility index (Phi) is 6.89. The smallest absolute Gasteiger partial charge is 0.317 e. The first-order valence-corrected chi connectivity index (χ1v) is 7.84. The van der Waals surface area contributed by atoms with Gasteiger partial charge < -0.3 is 19.7 Å². The van der Waals surface area contributed by atoms with E-state index in [0.717, 1.165) is 23.5 Å². The maximum Gasteiger partial charge on any atom is 0.317 e. The lowest BCUT2D eigenvalue weighted by molar-refractivity contribution is 0.206. The molecule has 0 aliphatic rings. The van der Waals surface area contributed by atoms with Gasteiger partial charge in [-0.25, -0.2) is 4.79 Å². The molecule has 0 radical (unpaired) electrons. The molecule has 0 unspecified atom stereocenters. The summed E-state index contributed by atoms with van der Waals surface area (Å²) in [6.45, 7) is 1.51. The van der Waals surface area contributed by atoms with E-state index in [2.05, 4.69) is 10.3 Å². The van der Waals surface area contributed by atoms with Crippen molar-refractivity contribution < 1.29 is 14.3 Å². The zero-order valence-corrected chi connectivity index (χ0v) is 14.1. The van der Waals surface area contributed by atoms with Gasteiger partial charge in [0, 0.05) is 26.0 Å². The highest BCUT2D eigenvalue weighted by atomic mass is 16.5. The number of pyridine rings is 1. The highest BCUT2D eigenvalue weighted by molar-refractivity contribution is 5.73. The number of carbonyl (C=O) groups excluding carboxylic acids is 1. The Labute approximate surface area is 142 Å². The van der Waals surface area contributed by atoms with Gasteiger partial charge in [-0.15, -0.1) is 0 Å². The number of ether oxygens (including phenoxy) is 2. The van der Waals surface area contributed by atoms with Crippen molar-refractivity contribution in [1.29, 1.82) is 0 Å². The zero-order valence-electron chi connectivity index (χ0n) is 14.1. The molecule has 1 heterocycles. The van der Waals surface area contributed by atoms with E-state index in [0.29, 0.717) is 19.7 Å². The fourth-order valence-electron chi connectivity index (χ4n) is 2.08. The maximum atomic E-state index is 12.0. The molecule has 1 aromatic carbocycles. The molecule has 6 nitrogen and oxygen atoms in total. The minimum Gasteiger partial charge on any atom is -0.497 e. The van der Waals surface area contributed by atoms with Crippen LogP contribution in [0.5, 0.6) is 11.5 Å². The second-order valence-corrected chi connectivity index (χ2v) is 5.28. The fourth-order valence-corrected chi connectivity index (χ4v) is 2.08. The standard InChI is InChI=1S/C18H23N3O3/c1-21(13-9-15-7-10-19-11-8-15)18(22)20-12-14-24-17-5-3-16(23-2)4-6-17/h3-8,10-11H,9,12-14H2,1-2H3,(H,20,22). The third kappa shape index (κ3) is 5.79. The normalized spacial score (nSPS) is 10.1. The van der Waals surface area contributed by atoms with E-state index in [1.807, 2.05) is 36.4 Å². The summed E-state index contributed by atoms with van der Waals surface area (Å²) in [5.41, 5.74) is 1.16. The fraction of sp³-hybridized carbons (Fsp3) is 0.333. The molecule has 0 aliphatic heterocycles. The van der Waals surface area contributed by atoms with Gasteiger partial charge in [0.15, 0.2) is 0 Å². The molecule has 1 aromatic heterocycles. The number of aromatic nitrogens is 1. The van der Waals surface area contributed by atoms with Gasteiger partial charge in [-0.3, -0.25) is 4.98 Å². The largest absolute Gasteiger partial charge is 0.497 e. The van der Waals surface area contributed by atoms with Crippen LogP contribution in [-0.2, 0) is 6.42 Å². The molecule has 0 atom stereocenters. The molecule has 2 aromatic rings. The second kappa shape index (κ2) is 9.39. The number of hydrogen-bond acceptors (Lipinski definition) is 4. The van der Waals surface area contributed by atoms with E-state index < -0.39 is 0 Å². The SMILES string of the molecule is COc1ccc(OCCNC(=O)N(C)CCc2ccncc2)cc1. The molecule has 0 saturated carbocycles. The number of amides is 2. The molecule has 6 heteroatoms. The Morgan fingerprint density at radius 3 is 2.46 bits per heavy atom. The lowest BCUT2D eigenvalue weighted by Crippen LogP contribution is -2.40. The molecule has 128 valence electrons. The van der Waals surface area contributed by atoms with Crippen LogP contribution < -0.4 is 14.8 Å². The molecular weight excluding hydrogens is 306 g/mol. The summed E-state index contributed by atoms with van der Waals surface area (Å²) in [4.78, 5) is 17.6. The van der Waals surface area contributed by atoms with Crippen LogP contribution in [0.25, 0.3) is 0 Å². The monoisotopic (exact) mass is 329 g/mol. The van der Waals surface area contributed by atoms with Crippen molar-refractivity contribution in [2.75, 3.05) is 33.9 Å². The summed E-state index contributed by atoms with van der Waals surface area (Å²) in [6, 6.07) is 11.1. The van der Waals surface area contributed by atoms with Gasteiger partial charge in [0.05, 0.1) is 13.7 Å². The van der Waals surface area contributed by atoms with Crippen molar-refractivity contribution in [3.05, 3.63) is 54.4 Å². The quantitative estimate of drug-likeness (QED) is 0.755. The number of methoxy groups -OCH3 is 1. The summed E-state index contributed by atoms with van der Waals surface area (Å²) in [6.07, 6.45) is 4.31.